The lowest BCUT2D eigenvalue weighted by Gasteiger charge is -2.06. The Morgan fingerprint density at radius 3 is 2.21 bits per heavy atom. The van der Waals surface area contributed by atoms with Gasteiger partial charge in [-0.3, -0.25) is 10.2 Å². The van der Waals surface area contributed by atoms with Crippen LogP contribution in [-0.2, 0) is 4.79 Å². The smallest absolute Gasteiger partial charge is 0.325 e. The first-order chi connectivity index (χ1) is 6.52. The molecule has 0 aliphatic heterocycles. The highest BCUT2D eigenvalue weighted by Gasteiger charge is 2.13. The molecular formula is C9H11N3O2. The highest BCUT2D eigenvalue weighted by Crippen LogP contribution is 2.11. The summed E-state index contributed by atoms with van der Waals surface area (Å²) in [7, 11) is 0. The number of aliphatic carboxylic acids is 1. The third kappa shape index (κ3) is 2.08. The lowest BCUT2D eigenvalue weighted by atomic mass is 10.1. The van der Waals surface area contributed by atoms with E-state index in [-0.39, 0.29) is 5.84 Å². The largest absolute Gasteiger partial charge is 0.480 e. The number of nitrogens with two attached hydrogens (primary N) is 2. The van der Waals surface area contributed by atoms with Crippen molar-refractivity contribution in [2.24, 2.45) is 11.5 Å². The molecule has 6 N–H and O–H groups in total. The van der Waals surface area contributed by atoms with Crippen molar-refractivity contribution in [2.75, 3.05) is 0 Å². The van der Waals surface area contributed by atoms with Crippen molar-refractivity contribution in [2.45, 2.75) is 6.04 Å². The Labute approximate surface area is 80.8 Å². The monoisotopic (exact) mass is 193 g/mol. The molecule has 0 bridgehead atoms. The standard InChI is InChI=1S/C9H11N3O2/c10-7(9(13)14)5-1-3-6(4-2-5)8(11)12/h1-4,7H,10H2,(H3,11,12)(H,13,14). The van der Waals surface area contributed by atoms with Crippen molar-refractivity contribution in [3.8, 4) is 0 Å². The lowest BCUT2D eigenvalue weighted by molar-refractivity contribution is -0.138. The molecule has 5 nitrogen and oxygen atoms in total. The molecule has 0 fully saturated rings. The minimum Gasteiger partial charge on any atom is -0.480 e. The van der Waals surface area contributed by atoms with E-state index >= 15 is 0 Å². The number of hydrogen-bond acceptors (Lipinski definition) is 3. The second-order valence-electron chi connectivity index (χ2n) is 2.85. The fourth-order valence-corrected chi connectivity index (χ4v) is 1.01. The SMILES string of the molecule is N=C(N)c1ccc(C(N)C(=O)O)cc1. The van der Waals surface area contributed by atoms with E-state index in [9.17, 15) is 4.79 Å². The number of carbonyl (C=O) groups is 1. The van der Waals surface area contributed by atoms with Gasteiger partial charge >= 0.3 is 5.97 Å². The Kier molecular flexibility index (Phi) is 2.83. The van der Waals surface area contributed by atoms with E-state index in [1.165, 1.54) is 0 Å². The van der Waals surface area contributed by atoms with Gasteiger partial charge in [0.05, 0.1) is 0 Å². The number of amidine groups is 1. The first-order valence-electron chi connectivity index (χ1n) is 3.95. The van der Waals surface area contributed by atoms with Crippen LogP contribution in [0.3, 0.4) is 0 Å². The number of nitrogen functional groups attached to an aromatic ring is 1. The Morgan fingerprint density at radius 1 is 1.36 bits per heavy atom. The topological polar surface area (TPSA) is 113 Å². The van der Waals surface area contributed by atoms with Crippen molar-refractivity contribution in [3.05, 3.63) is 35.4 Å². The van der Waals surface area contributed by atoms with Crippen LogP contribution in [0.1, 0.15) is 17.2 Å². The van der Waals surface area contributed by atoms with Gasteiger partial charge < -0.3 is 16.6 Å². The fraction of sp³-hybridized carbons (Fsp3) is 0.111. The summed E-state index contributed by atoms with van der Waals surface area (Å²) in [6.45, 7) is 0. The molecule has 1 rings (SSSR count). The quantitative estimate of drug-likeness (QED) is 0.401. The number of nitrogens with one attached hydrogen (secondary N) is 1. The maximum Gasteiger partial charge on any atom is 0.325 e. The molecule has 1 aromatic carbocycles. The van der Waals surface area contributed by atoms with E-state index in [2.05, 4.69) is 0 Å². The van der Waals surface area contributed by atoms with E-state index < -0.39 is 12.0 Å². The zero-order chi connectivity index (χ0) is 10.7. The average molecular weight is 193 g/mol. The summed E-state index contributed by atoms with van der Waals surface area (Å²) in [6.07, 6.45) is 0. The first-order valence-corrected chi connectivity index (χ1v) is 3.95. The van der Waals surface area contributed by atoms with E-state index in [4.69, 9.17) is 22.0 Å². The Balaban J connectivity index is 2.94. The molecular weight excluding hydrogens is 182 g/mol. The second-order valence-corrected chi connectivity index (χ2v) is 2.85. The number of carboxylic acids is 1. The summed E-state index contributed by atoms with van der Waals surface area (Å²) >= 11 is 0. The molecule has 0 aromatic heterocycles. The van der Waals surface area contributed by atoms with Crippen LogP contribution < -0.4 is 11.5 Å². The summed E-state index contributed by atoms with van der Waals surface area (Å²) in [5, 5.41) is 15.7. The van der Waals surface area contributed by atoms with Crippen LogP contribution in [-0.4, -0.2) is 16.9 Å². The van der Waals surface area contributed by atoms with Gasteiger partial charge in [-0.1, -0.05) is 24.3 Å². The molecule has 1 unspecified atom stereocenters. The van der Waals surface area contributed by atoms with Gasteiger partial charge in [-0.15, -0.1) is 0 Å². The molecule has 0 aliphatic rings. The zero-order valence-corrected chi connectivity index (χ0v) is 7.40. The van der Waals surface area contributed by atoms with Crippen molar-refractivity contribution in [1.29, 1.82) is 5.41 Å². The van der Waals surface area contributed by atoms with E-state index in [1.54, 1.807) is 24.3 Å². The summed E-state index contributed by atoms with van der Waals surface area (Å²) in [6, 6.07) is 5.21. The lowest BCUT2D eigenvalue weighted by Crippen LogP contribution is -2.20. The minimum absolute atomic E-state index is 0.0551. The molecule has 1 aromatic rings. The van der Waals surface area contributed by atoms with Crippen LogP contribution in [0.4, 0.5) is 0 Å². The molecule has 0 saturated heterocycles. The van der Waals surface area contributed by atoms with Crippen LogP contribution in [0.15, 0.2) is 24.3 Å². The van der Waals surface area contributed by atoms with Crippen LogP contribution in [0.2, 0.25) is 0 Å². The molecule has 0 spiro atoms. The molecule has 5 heteroatoms. The van der Waals surface area contributed by atoms with Crippen LogP contribution >= 0.6 is 0 Å². The predicted molar refractivity (Wildman–Crippen MR) is 52.0 cm³/mol. The normalized spacial score (nSPS) is 12.1. The van der Waals surface area contributed by atoms with Crippen molar-refractivity contribution in [1.82, 2.24) is 0 Å². The summed E-state index contributed by atoms with van der Waals surface area (Å²) in [5.74, 6) is -1.14. The molecule has 0 saturated carbocycles. The molecule has 74 valence electrons. The molecule has 1 atom stereocenters. The van der Waals surface area contributed by atoms with Crippen LogP contribution in [0.25, 0.3) is 0 Å². The van der Waals surface area contributed by atoms with Gasteiger partial charge in [0.15, 0.2) is 0 Å². The molecule has 0 heterocycles. The summed E-state index contributed by atoms with van der Waals surface area (Å²) < 4.78 is 0. The Hall–Kier alpha value is -1.88. The van der Waals surface area contributed by atoms with Crippen LogP contribution in [0, 0.1) is 5.41 Å². The van der Waals surface area contributed by atoms with E-state index in [0.29, 0.717) is 11.1 Å². The van der Waals surface area contributed by atoms with E-state index in [0.717, 1.165) is 0 Å². The zero-order valence-electron chi connectivity index (χ0n) is 7.40. The molecule has 14 heavy (non-hydrogen) atoms. The van der Waals surface area contributed by atoms with Crippen LogP contribution in [0.5, 0.6) is 0 Å². The maximum absolute atomic E-state index is 10.5. The van der Waals surface area contributed by atoms with Gasteiger partial charge in [-0.2, -0.15) is 0 Å². The van der Waals surface area contributed by atoms with Crippen molar-refractivity contribution >= 4 is 11.8 Å². The average Bonchev–Trinajstić information content (AvgIpc) is 2.16. The predicted octanol–water partition coefficient (Wildman–Crippen LogP) is 0.0551. The number of carboxylic acid groups (broad SMARTS) is 1. The number of benzene rings is 1. The van der Waals surface area contributed by atoms with E-state index in [1.807, 2.05) is 0 Å². The minimum atomic E-state index is -1.08. The number of rotatable bonds is 3. The molecule has 0 amide bonds. The highest BCUT2D eigenvalue weighted by atomic mass is 16.4. The Bertz CT molecular complexity index is 359. The highest BCUT2D eigenvalue weighted by molar-refractivity contribution is 5.95. The number of hydrogen-bond donors (Lipinski definition) is 4. The van der Waals surface area contributed by atoms with Gasteiger partial charge in [-0.25, -0.2) is 0 Å². The third-order valence-electron chi connectivity index (χ3n) is 1.85. The third-order valence-corrected chi connectivity index (χ3v) is 1.85. The van der Waals surface area contributed by atoms with Gasteiger partial charge in [0, 0.05) is 5.56 Å². The first kappa shape index (κ1) is 10.2. The fourth-order valence-electron chi connectivity index (χ4n) is 1.01. The van der Waals surface area contributed by atoms with Crippen molar-refractivity contribution < 1.29 is 9.90 Å². The summed E-state index contributed by atoms with van der Waals surface area (Å²) in [5.41, 5.74) is 11.7. The molecule has 0 radical (unpaired) electrons. The van der Waals surface area contributed by atoms with Gasteiger partial charge in [0.2, 0.25) is 0 Å². The van der Waals surface area contributed by atoms with Gasteiger partial charge in [0.1, 0.15) is 11.9 Å². The van der Waals surface area contributed by atoms with Gasteiger partial charge in [-0.05, 0) is 5.56 Å². The summed E-state index contributed by atoms with van der Waals surface area (Å²) in [4.78, 5) is 10.5. The second kappa shape index (κ2) is 3.89. The van der Waals surface area contributed by atoms with Crippen molar-refractivity contribution in [3.63, 3.8) is 0 Å². The molecule has 0 aliphatic carbocycles. The maximum atomic E-state index is 10.5. The Morgan fingerprint density at radius 2 is 1.86 bits per heavy atom. The van der Waals surface area contributed by atoms with Gasteiger partial charge in [0.25, 0.3) is 0 Å².